The van der Waals surface area contributed by atoms with Gasteiger partial charge in [0.05, 0.1) is 11.3 Å². The van der Waals surface area contributed by atoms with E-state index < -0.39 is 15.3 Å². The van der Waals surface area contributed by atoms with Gasteiger partial charge in [-0.2, -0.15) is 0 Å². The predicted molar refractivity (Wildman–Crippen MR) is 50.1 cm³/mol. The topological polar surface area (TPSA) is 46.2 Å². The highest BCUT2D eigenvalue weighted by Crippen LogP contribution is 1.99. The third-order valence-corrected chi connectivity index (χ3v) is 3.39. The first kappa shape index (κ1) is 11.5. The summed E-state index contributed by atoms with van der Waals surface area (Å²) in [4.78, 5) is 0. The lowest BCUT2D eigenvalue weighted by atomic mass is 10.3. The fourth-order valence-corrected chi connectivity index (χ4v) is 1.47. The van der Waals surface area contributed by atoms with Gasteiger partial charge in [-0.3, -0.25) is 0 Å². The van der Waals surface area contributed by atoms with Crippen molar-refractivity contribution in [2.75, 3.05) is 0 Å². The number of hydrogen-bond donors (Lipinski definition) is 1. The van der Waals surface area contributed by atoms with Crippen LogP contribution in [0.15, 0.2) is 0 Å². The van der Waals surface area contributed by atoms with Crippen LogP contribution in [0.4, 0.5) is 0 Å². The zero-order chi connectivity index (χ0) is 9.78. The Morgan fingerprint density at radius 3 is 2.25 bits per heavy atom. The van der Waals surface area contributed by atoms with E-state index in [1.165, 1.54) is 0 Å². The van der Waals surface area contributed by atoms with Crippen molar-refractivity contribution >= 4 is 10.0 Å². The zero-order valence-corrected chi connectivity index (χ0v) is 8.48. The fraction of sp³-hybridized carbons (Fsp3) is 0.750. The molecule has 0 aromatic rings. The van der Waals surface area contributed by atoms with Crippen LogP contribution in [0.1, 0.15) is 27.2 Å². The Bertz CT molecular complexity index is 261. The summed E-state index contributed by atoms with van der Waals surface area (Å²) in [5.41, 5.74) is 0. The van der Waals surface area contributed by atoms with Crippen LogP contribution in [0.2, 0.25) is 0 Å². The molecule has 4 heteroatoms. The SMILES string of the molecule is C#CC(CC)NS(=O)(=O)C(C)C. The van der Waals surface area contributed by atoms with E-state index >= 15 is 0 Å². The Kier molecular flexibility index (Phi) is 4.29. The molecule has 70 valence electrons. The summed E-state index contributed by atoms with van der Waals surface area (Å²) < 4.78 is 24.9. The van der Waals surface area contributed by atoms with Crippen molar-refractivity contribution in [3.8, 4) is 12.3 Å². The Morgan fingerprint density at radius 1 is 1.50 bits per heavy atom. The Morgan fingerprint density at radius 2 is 2.00 bits per heavy atom. The molecular formula is C8H15NO2S. The summed E-state index contributed by atoms with van der Waals surface area (Å²) in [6.45, 7) is 5.07. The van der Waals surface area contributed by atoms with Crippen LogP contribution in [0.25, 0.3) is 0 Å². The maximum absolute atomic E-state index is 11.3. The molecule has 0 aromatic heterocycles. The van der Waals surface area contributed by atoms with E-state index in [2.05, 4.69) is 10.6 Å². The van der Waals surface area contributed by atoms with Crippen LogP contribution in [0, 0.1) is 12.3 Å². The minimum Gasteiger partial charge on any atom is -0.212 e. The molecule has 1 unspecified atom stereocenters. The normalized spacial score (nSPS) is 14.2. The van der Waals surface area contributed by atoms with E-state index in [1.807, 2.05) is 6.92 Å². The van der Waals surface area contributed by atoms with E-state index in [-0.39, 0.29) is 6.04 Å². The highest BCUT2D eigenvalue weighted by molar-refractivity contribution is 7.90. The predicted octanol–water partition coefficient (Wildman–Crippen LogP) is 0.726. The van der Waals surface area contributed by atoms with Gasteiger partial charge < -0.3 is 0 Å². The minimum atomic E-state index is -3.21. The van der Waals surface area contributed by atoms with E-state index in [0.717, 1.165) is 0 Å². The number of nitrogens with one attached hydrogen (secondary N) is 1. The molecular weight excluding hydrogens is 174 g/mol. The monoisotopic (exact) mass is 189 g/mol. The lowest BCUT2D eigenvalue weighted by Crippen LogP contribution is -2.37. The van der Waals surface area contributed by atoms with Crippen LogP contribution in [-0.4, -0.2) is 19.7 Å². The highest BCUT2D eigenvalue weighted by Gasteiger charge is 2.18. The average molecular weight is 189 g/mol. The van der Waals surface area contributed by atoms with Gasteiger partial charge in [0, 0.05) is 0 Å². The molecule has 0 spiro atoms. The zero-order valence-electron chi connectivity index (χ0n) is 7.66. The standard InChI is InChI=1S/C8H15NO2S/c1-5-8(6-2)9-12(10,11)7(3)4/h1,7-9H,6H2,2-4H3. The van der Waals surface area contributed by atoms with Crippen molar-refractivity contribution in [1.29, 1.82) is 0 Å². The third kappa shape index (κ3) is 3.24. The van der Waals surface area contributed by atoms with Crippen molar-refractivity contribution in [3.63, 3.8) is 0 Å². The molecule has 0 aromatic carbocycles. The fourth-order valence-electron chi connectivity index (χ4n) is 0.570. The second-order valence-corrected chi connectivity index (χ2v) is 5.11. The molecule has 0 fully saturated rings. The van der Waals surface area contributed by atoms with Gasteiger partial charge in [0.2, 0.25) is 10.0 Å². The molecule has 0 saturated heterocycles. The summed E-state index contributed by atoms with van der Waals surface area (Å²) in [7, 11) is -3.21. The average Bonchev–Trinajstić information content (AvgIpc) is 2.00. The molecule has 12 heavy (non-hydrogen) atoms. The molecule has 0 rings (SSSR count). The van der Waals surface area contributed by atoms with Crippen LogP contribution in [0.3, 0.4) is 0 Å². The molecule has 1 atom stereocenters. The Balaban J connectivity index is 4.37. The van der Waals surface area contributed by atoms with Gasteiger partial charge >= 0.3 is 0 Å². The van der Waals surface area contributed by atoms with Gasteiger partial charge in [-0.15, -0.1) is 6.42 Å². The first-order chi connectivity index (χ1) is 5.44. The van der Waals surface area contributed by atoms with Crippen molar-refractivity contribution in [2.24, 2.45) is 0 Å². The van der Waals surface area contributed by atoms with Crippen molar-refractivity contribution < 1.29 is 8.42 Å². The van der Waals surface area contributed by atoms with Gasteiger partial charge in [-0.05, 0) is 20.3 Å². The van der Waals surface area contributed by atoms with Crippen LogP contribution >= 0.6 is 0 Å². The van der Waals surface area contributed by atoms with Gasteiger partial charge in [0.1, 0.15) is 0 Å². The van der Waals surface area contributed by atoms with E-state index in [4.69, 9.17) is 6.42 Å². The second kappa shape index (κ2) is 4.48. The molecule has 1 N–H and O–H groups in total. The van der Waals surface area contributed by atoms with Gasteiger partial charge in [0.25, 0.3) is 0 Å². The molecule has 0 heterocycles. The van der Waals surface area contributed by atoms with Gasteiger partial charge in [0.15, 0.2) is 0 Å². The molecule has 0 aliphatic rings. The lowest BCUT2D eigenvalue weighted by molar-refractivity contribution is 0.561. The minimum absolute atomic E-state index is 0.377. The summed E-state index contributed by atoms with van der Waals surface area (Å²) in [6.07, 6.45) is 5.73. The maximum atomic E-state index is 11.3. The van der Waals surface area contributed by atoms with Crippen molar-refractivity contribution in [3.05, 3.63) is 0 Å². The number of sulfonamides is 1. The van der Waals surface area contributed by atoms with E-state index in [1.54, 1.807) is 13.8 Å². The van der Waals surface area contributed by atoms with Crippen molar-refractivity contribution in [1.82, 2.24) is 4.72 Å². The van der Waals surface area contributed by atoms with E-state index in [0.29, 0.717) is 6.42 Å². The molecule has 0 amide bonds. The smallest absolute Gasteiger partial charge is 0.212 e. The van der Waals surface area contributed by atoms with Gasteiger partial charge in [-0.25, -0.2) is 13.1 Å². The largest absolute Gasteiger partial charge is 0.215 e. The van der Waals surface area contributed by atoms with Crippen LogP contribution in [-0.2, 0) is 10.0 Å². The molecule has 0 aliphatic carbocycles. The third-order valence-electron chi connectivity index (χ3n) is 1.54. The van der Waals surface area contributed by atoms with Crippen LogP contribution in [0.5, 0.6) is 0 Å². The molecule has 0 saturated carbocycles. The number of hydrogen-bond acceptors (Lipinski definition) is 2. The van der Waals surface area contributed by atoms with Gasteiger partial charge in [-0.1, -0.05) is 12.8 Å². The molecule has 0 radical (unpaired) electrons. The second-order valence-electron chi connectivity index (χ2n) is 2.84. The summed E-state index contributed by atoms with van der Waals surface area (Å²) in [5, 5.41) is -0.431. The van der Waals surface area contributed by atoms with Crippen molar-refractivity contribution in [2.45, 2.75) is 38.5 Å². The Hall–Kier alpha value is -0.530. The first-order valence-corrected chi connectivity index (χ1v) is 5.46. The summed E-state index contributed by atoms with van der Waals surface area (Å²) in [6, 6.07) is -0.377. The van der Waals surface area contributed by atoms with E-state index in [9.17, 15) is 8.42 Å². The highest BCUT2D eigenvalue weighted by atomic mass is 32.2. The molecule has 3 nitrogen and oxygen atoms in total. The quantitative estimate of drug-likeness (QED) is 0.663. The number of rotatable bonds is 4. The first-order valence-electron chi connectivity index (χ1n) is 3.91. The maximum Gasteiger partial charge on any atom is 0.215 e. The summed E-state index contributed by atoms with van der Waals surface area (Å²) in [5.74, 6) is 2.37. The lowest BCUT2D eigenvalue weighted by Gasteiger charge is -2.13. The van der Waals surface area contributed by atoms with Crippen LogP contribution < -0.4 is 4.72 Å². The molecule has 0 bridgehead atoms. The number of terminal acetylenes is 1. The summed E-state index contributed by atoms with van der Waals surface area (Å²) >= 11 is 0. The Labute approximate surface area is 74.6 Å². The molecule has 0 aliphatic heterocycles.